The number of anilines is 2. The summed E-state index contributed by atoms with van der Waals surface area (Å²) in [5, 5.41) is 0.208. The van der Waals surface area contributed by atoms with Gasteiger partial charge in [0.15, 0.2) is 0 Å². The Hall–Kier alpha value is -1.79. The Labute approximate surface area is 122 Å². The molecular weight excluding hydrogens is 298 g/mol. The molecule has 1 heterocycles. The van der Waals surface area contributed by atoms with Gasteiger partial charge in [0, 0.05) is 0 Å². The number of nitrogens with zero attached hydrogens (tertiary/aromatic N) is 1. The zero-order valence-electron chi connectivity index (χ0n) is 11.0. The maximum atomic E-state index is 12.4. The van der Waals surface area contributed by atoms with Crippen molar-refractivity contribution in [3.8, 4) is 0 Å². The lowest BCUT2D eigenvalue weighted by atomic mass is 10.1. The molecule has 5 nitrogen and oxygen atoms in total. The van der Waals surface area contributed by atoms with Crippen molar-refractivity contribution in [2.45, 2.75) is 18.7 Å². The molecule has 0 saturated heterocycles. The average Bonchev–Trinajstić information content (AvgIpc) is 2.33. The number of rotatable bonds is 3. The van der Waals surface area contributed by atoms with Crippen molar-refractivity contribution in [1.82, 2.24) is 4.98 Å². The first-order valence-corrected chi connectivity index (χ1v) is 7.68. The monoisotopic (exact) mass is 311 g/mol. The molecule has 2 rings (SSSR count). The fraction of sp³-hybridized carbons (Fsp3) is 0.154. The number of aryl methyl sites for hydroxylation is 2. The summed E-state index contributed by atoms with van der Waals surface area (Å²) in [5.74, 6) is 0.151. The fourth-order valence-electron chi connectivity index (χ4n) is 1.82. The van der Waals surface area contributed by atoms with Gasteiger partial charge in [0.25, 0.3) is 10.0 Å². The van der Waals surface area contributed by atoms with E-state index in [9.17, 15) is 8.42 Å². The van der Waals surface area contributed by atoms with Crippen molar-refractivity contribution in [3.05, 3.63) is 46.6 Å². The molecule has 0 unspecified atom stereocenters. The van der Waals surface area contributed by atoms with Gasteiger partial charge in [-0.15, -0.1) is 0 Å². The van der Waals surface area contributed by atoms with E-state index < -0.39 is 10.0 Å². The molecule has 0 aliphatic carbocycles. The van der Waals surface area contributed by atoms with Crippen LogP contribution in [0.3, 0.4) is 0 Å². The van der Waals surface area contributed by atoms with E-state index in [4.69, 9.17) is 17.3 Å². The first-order chi connectivity index (χ1) is 9.31. The third-order valence-electron chi connectivity index (χ3n) is 2.83. The van der Waals surface area contributed by atoms with E-state index in [1.54, 1.807) is 38.1 Å². The van der Waals surface area contributed by atoms with Crippen molar-refractivity contribution >= 4 is 33.1 Å². The quantitative estimate of drug-likeness (QED) is 0.674. The van der Waals surface area contributed by atoms with Gasteiger partial charge in [0.05, 0.1) is 5.69 Å². The van der Waals surface area contributed by atoms with Crippen molar-refractivity contribution in [3.63, 3.8) is 0 Å². The van der Waals surface area contributed by atoms with Crippen LogP contribution >= 0.6 is 11.6 Å². The minimum atomic E-state index is -3.81. The number of sulfonamides is 1. The zero-order chi connectivity index (χ0) is 14.9. The number of aromatic nitrogens is 1. The summed E-state index contributed by atoms with van der Waals surface area (Å²) in [6.07, 6.45) is 0. The first-order valence-electron chi connectivity index (χ1n) is 5.82. The number of hydrogen-bond acceptors (Lipinski definition) is 4. The summed E-state index contributed by atoms with van der Waals surface area (Å²) in [6, 6.07) is 8.18. The lowest BCUT2D eigenvalue weighted by Gasteiger charge is -2.13. The van der Waals surface area contributed by atoms with Crippen LogP contribution in [0.15, 0.2) is 35.2 Å². The maximum absolute atomic E-state index is 12.4. The number of halogens is 1. The van der Waals surface area contributed by atoms with Crippen LogP contribution in [-0.4, -0.2) is 13.4 Å². The molecule has 2 aromatic rings. The Bertz CT molecular complexity index is 760. The third kappa shape index (κ3) is 2.86. The Morgan fingerprint density at radius 1 is 1.15 bits per heavy atom. The molecule has 0 amide bonds. The number of benzene rings is 1. The molecule has 0 atom stereocenters. The molecule has 0 saturated carbocycles. The van der Waals surface area contributed by atoms with Crippen LogP contribution in [0.25, 0.3) is 0 Å². The van der Waals surface area contributed by atoms with E-state index in [0.29, 0.717) is 11.1 Å². The van der Waals surface area contributed by atoms with Crippen LogP contribution in [0.4, 0.5) is 11.5 Å². The molecule has 0 radical (unpaired) electrons. The summed E-state index contributed by atoms with van der Waals surface area (Å²) in [5.41, 5.74) is 7.40. The predicted molar refractivity (Wildman–Crippen MR) is 80.4 cm³/mol. The highest BCUT2D eigenvalue weighted by Crippen LogP contribution is 2.27. The van der Waals surface area contributed by atoms with E-state index in [2.05, 4.69) is 9.71 Å². The lowest BCUT2D eigenvalue weighted by Crippen LogP contribution is -2.17. The molecule has 0 spiro atoms. The van der Waals surface area contributed by atoms with Crippen molar-refractivity contribution in [1.29, 1.82) is 0 Å². The minimum absolute atomic E-state index is 0.0688. The zero-order valence-corrected chi connectivity index (χ0v) is 12.6. The Balaban J connectivity index is 2.49. The lowest BCUT2D eigenvalue weighted by molar-refractivity contribution is 0.601. The SMILES string of the molecule is Cc1ccc(C)c(S(=O)(=O)Nc2cccc(Cl)n2)c1N. The van der Waals surface area contributed by atoms with Gasteiger partial charge in [-0.3, -0.25) is 4.72 Å². The Morgan fingerprint density at radius 3 is 2.45 bits per heavy atom. The molecule has 106 valence electrons. The van der Waals surface area contributed by atoms with Crippen molar-refractivity contribution < 1.29 is 8.42 Å². The topological polar surface area (TPSA) is 85.1 Å². The van der Waals surface area contributed by atoms with Gasteiger partial charge in [-0.25, -0.2) is 13.4 Å². The van der Waals surface area contributed by atoms with Gasteiger partial charge in [-0.1, -0.05) is 29.8 Å². The molecule has 0 fully saturated rings. The van der Waals surface area contributed by atoms with Crippen molar-refractivity contribution in [2.75, 3.05) is 10.5 Å². The highest BCUT2D eigenvalue weighted by molar-refractivity contribution is 7.93. The van der Waals surface area contributed by atoms with Gasteiger partial charge in [-0.05, 0) is 37.1 Å². The van der Waals surface area contributed by atoms with Gasteiger partial charge >= 0.3 is 0 Å². The van der Waals surface area contributed by atoms with Gasteiger partial charge in [0.1, 0.15) is 15.9 Å². The third-order valence-corrected chi connectivity index (χ3v) is 4.60. The molecule has 20 heavy (non-hydrogen) atoms. The van der Waals surface area contributed by atoms with E-state index in [0.717, 1.165) is 0 Å². The number of hydrogen-bond donors (Lipinski definition) is 2. The molecule has 1 aromatic heterocycles. The van der Waals surface area contributed by atoms with Gasteiger partial charge in [0.2, 0.25) is 0 Å². The Morgan fingerprint density at radius 2 is 1.80 bits per heavy atom. The molecule has 0 aliphatic rings. The van der Waals surface area contributed by atoms with Gasteiger partial charge in [-0.2, -0.15) is 0 Å². The second-order valence-electron chi connectivity index (χ2n) is 4.39. The number of nitrogens with two attached hydrogens (primary N) is 1. The summed E-state index contributed by atoms with van der Waals surface area (Å²) in [6.45, 7) is 3.45. The minimum Gasteiger partial charge on any atom is -0.397 e. The number of nitrogens with one attached hydrogen (secondary N) is 1. The van der Waals surface area contributed by atoms with Gasteiger partial charge < -0.3 is 5.73 Å². The van der Waals surface area contributed by atoms with Crippen LogP contribution in [-0.2, 0) is 10.0 Å². The van der Waals surface area contributed by atoms with E-state index in [1.807, 2.05) is 0 Å². The molecule has 0 aliphatic heterocycles. The molecule has 7 heteroatoms. The highest BCUT2D eigenvalue weighted by atomic mass is 35.5. The molecule has 0 bridgehead atoms. The summed E-state index contributed by atoms with van der Waals surface area (Å²) in [7, 11) is -3.81. The Kier molecular flexibility index (Phi) is 3.87. The second-order valence-corrected chi connectivity index (χ2v) is 6.40. The van der Waals surface area contributed by atoms with Crippen LogP contribution in [0.1, 0.15) is 11.1 Å². The van der Waals surface area contributed by atoms with E-state index >= 15 is 0 Å². The summed E-state index contributed by atoms with van der Waals surface area (Å²) in [4.78, 5) is 3.97. The first kappa shape index (κ1) is 14.6. The maximum Gasteiger partial charge on any atom is 0.265 e. The number of nitrogen functional groups attached to an aromatic ring is 1. The van der Waals surface area contributed by atoms with Crippen LogP contribution in [0.2, 0.25) is 5.15 Å². The van der Waals surface area contributed by atoms with Crippen LogP contribution in [0, 0.1) is 13.8 Å². The predicted octanol–water partition coefficient (Wildman–Crippen LogP) is 2.73. The fourth-order valence-corrected chi connectivity index (χ4v) is 3.41. The van der Waals surface area contributed by atoms with Crippen LogP contribution < -0.4 is 10.5 Å². The highest BCUT2D eigenvalue weighted by Gasteiger charge is 2.21. The van der Waals surface area contributed by atoms with E-state index in [-0.39, 0.29) is 21.6 Å². The normalized spacial score (nSPS) is 11.3. The average molecular weight is 312 g/mol. The molecule has 1 aromatic carbocycles. The standard InChI is InChI=1S/C13H14ClN3O2S/c1-8-6-7-9(2)13(12(8)15)20(18,19)17-11-5-3-4-10(14)16-11/h3-7H,15H2,1-2H3,(H,16,17). The largest absolute Gasteiger partial charge is 0.397 e. The number of pyridine rings is 1. The van der Waals surface area contributed by atoms with E-state index in [1.165, 1.54) is 6.07 Å². The van der Waals surface area contributed by atoms with Crippen LogP contribution in [0.5, 0.6) is 0 Å². The van der Waals surface area contributed by atoms with Crippen molar-refractivity contribution in [2.24, 2.45) is 0 Å². The molecule has 3 N–H and O–H groups in total. The smallest absolute Gasteiger partial charge is 0.265 e. The second kappa shape index (κ2) is 5.30. The summed E-state index contributed by atoms with van der Waals surface area (Å²) < 4.78 is 27.2. The summed E-state index contributed by atoms with van der Waals surface area (Å²) >= 11 is 5.74. The molecular formula is C13H14ClN3O2S.